The maximum Gasteiger partial charge on any atom is 0.287 e. The van der Waals surface area contributed by atoms with Gasteiger partial charge in [0.1, 0.15) is 10.6 Å². The van der Waals surface area contributed by atoms with E-state index in [1.54, 1.807) is 0 Å². The summed E-state index contributed by atoms with van der Waals surface area (Å²) in [5.74, 6) is 0. The highest BCUT2D eigenvalue weighted by molar-refractivity contribution is 6.32. The van der Waals surface area contributed by atoms with E-state index < -0.39 is 17.8 Å². The van der Waals surface area contributed by atoms with Gasteiger partial charge in [-0.2, -0.15) is 5.10 Å². The number of nitrogens with one attached hydrogen (secondary N) is 1. The van der Waals surface area contributed by atoms with Gasteiger partial charge in [0.25, 0.3) is 5.56 Å². The van der Waals surface area contributed by atoms with E-state index in [1.165, 1.54) is 20.2 Å². The lowest BCUT2D eigenvalue weighted by atomic mass is 10.1. The first kappa shape index (κ1) is 13.0. The molecule has 0 aromatic carbocycles. The molecule has 16 heavy (non-hydrogen) atoms. The Balaban J connectivity index is 2.84. The Bertz CT molecular complexity index is 430. The van der Waals surface area contributed by atoms with E-state index in [2.05, 4.69) is 10.4 Å². The molecule has 1 unspecified atom stereocenters. The maximum atomic E-state index is 11.4. The fourth-order valence-electron chi connectivity index (χ4n) is 0.975. The highest BCUT2D eigenvalue weighted by atomic mass is 35.5. The van der Waals surface area contributed by atoms with Gasteiger partial charge in [-0.3, -0.25) is 4.79 Å². The monoisotopic (exact) mass is 247 g/mol. The molecule has 7 heteroatoms. The third kappa shape index (κ3) is 2.94. The topological polar surface area (TPSA) is 87.4 Å². The molecular formula is C9H14ClN3O3. The molecule has 1 aromatic heterocycles. The first-order chi connectivity index (χ1) is 7.37. The molecule has 0 aliphatic heterocycles. The highest BCUT2D eigenvalue weighted by Crippen LogP contribution is 2.16. The zero-order chi connectivity index (χ0) is 12.3. The lowest BCUT2D eigenvalue weighted by Gasteiger charge is -2.21. The van der Waals surface area contributed by atoms with E-state index in [4.69, 9.17) is 16.7 Å². The van der Waals surface area contributed by atoms with Crippen LogP contribution in [0.15, 0.2) is 11.0 Å². The van der Waals surface area contributed by atoms with Gasteiger partial charge in [-0.05, 0) is 6.92 Å². The van der Waals surface area contributed by atoms with Crippen LogP contribution < -0.4 is 10.9 Å². The number of hydrogen-bond acceptors (Lipinski definition) is 5. The molecule has 1 rings (SSSR count). The van der Waals surface area contributed by atoms with E-state index in [-0.39, 0.29) is 11.6 Å². The fourth-order valence-corrected chi connectivity index (χ4v) is 1.21. The van der Waals surface area contributed by atoms with Gasteiger partial charge in [0.2, 0.25) is 0 Å². The molecule has 0 fully saturated rings. The van der Waals surface area contributed by atoms with Crippen LogP contribution in [0.25, 0.3) is 0 Å². The fraction of sp³-hybridized carbons (Fsp3) is 0.556. The molecule has 90 valence electrons. The Kier molecular flexibility index (Phi) is 3.90. The standard InChI is InChI=1S/C9H14ClN3O3/c1-9(16,5-14)4-11-6-3-12-13(2)8(15)7(6)10/h3,11,14,16H,4-5H2,1-2H3. The molecule has 0 saturated carbocycles. The van der Waals surface area contributed by atoms with Crippen LogP contribution in [-0.2, 0) is 7.05 Å². The van der Waals surface area contributed by atoms with Crippen molar-refractivity contribution in [2.24, 2.45) is 7.05 Å². The van der Waals surface area contributed by atoms with E-state index >= 15 is 0 Å². The van der Waals surface area contributed by atoms with Crippen molar-refractivity contribution in [2.75, 3.05) is 18.5 Å². The summed E-state index contributed by atoms with van der Waals surface area (Å²) in [5.41, 5.74) is -1.36. The Morgan fingerprint density at radius 2 is 2.31 bits per heavy atom. The predicted molar refractivity (Wildman–Crippen MR) is 60.7 cm³/mol. The summed E-state index contributed by atoms with van der Waals surface area (Å²) in [5, 5.41) is 24.9. The van der Waals surface area contributed by atoms with Gasteiger partial charge in [0.15, 0.2) is 0 Å². The molecule has 6 nitrogen and oxygen atoms in total. The minimum atomic E-state index is -1.27. The van der Waals surface area contributed by atoms with Crippen LogP contribution in [0.2, 0.25) is 5.02 Å². The molecule has 1 heterocycles. The van der Waals surface area contributed by atoms with Crippen LogP contribution in [0.5, 0.6) is 0 Å². The number of aromatic nitrogens is 2. The summed E-state index contributed by atoms with van der Waals surface area (Å²) in [6.45, 7) is 1.14. The number of hydrogen-bond donors (Lipinski definition) is 3. The number of anilines is 1. The third-order valence-electron chi connectivity index (χ3n) is 2.08. The summed E-state index contributed by atoms with van der Waals surface area (Å²) < 4.78 is 1.11. The maximum absolute atomic E-state index is 11.4. The number of aryl methyl sites for hydroxylation is 1. The van der Waals surface area contributed by atoms with Crippen LogP contribution in [0.1, 0.15) is 6.92 Å². The zero-order valence-electron chi connectivity index (χ0n) is 9.07. The molecule has 0 spiro atoms. The third-order valence-corrected chi connectivity index (χ3v) is 2.44. The average Bonchev–Trinajstić information content (AvgIpc) is 2.25. The summed E-state index contributed by atoms with van der Waals surface area (Å²) in [6.07, 6.45) is 1.39. The van der Waals surface area contributed by atoms with Gasteiger partial charge < -0.3 is 15.5 Å². The molecule has 1 atom stereocenters. The molecule has 0 aliphatic carbocycles. The molecular weight excluding hydrogens is 234 g/mol. The van der Waals surface area contributed by atoms with Gasteiger partial charge in [-0.25, -0.2) is 4.68 Å². The second-order valence-corrected chi connectivity index (χ2v) is 4.19. The Hall–Kier alpha value is -1.11. The van der Waals surface area contributed by atoms with E-state index in [0.29, 0.717) is 5.69 Å². The molecule has 1 aromatic rings. The van der Waals surface area contributed by atoms with Crippen molar-refractivity contribution >= 4 is 17.3 Å². The minimum absolute atomic E-state index is 0.00578. The van der Waals surface area contributed by atoms with Crippen molar-refractivity contribution in [3.8, 4) is 0 Å². The summed E-state index contributed by atoms with van der Waals surface area (Å²) in [4.78, 5) is 11.4. The van der Waals surface area contributed by atoms with Gasteiger partial charge >= 0.3 is 0 Å². The lowest BCUT2D eigenvalue weighted by Crippen LogP contribution is -2.37. The van der Waals surface area contributed by atoms with Crippen molar-refractivity contribution in [2.45, 2.75) is 12.5 Å². The van der Waals surface area contributed by atoms with Gasteiger partial charge in [0, 0.05) is 13.6 Å². The van der Waals surface area contributed by atoms with E-state index in [1.807, 2.05) is 0 Å². The smallest absolute Gasteiger partial charge is 0.287 e. The quantitative estimate of drug-likeness (QED) is 0.673. The number of aliphatic hydroxyl groups is 2. The zero-order valence-corrected chi connectivity index (χ0v) is 9.82. The predicted octanol–water partition coefficient (Wildman–Crippen LogP) is -0.411. The van der Waals surface area contributed by atoms with Crippen LogP contribution in [0.4, 0.5) is 5.69 Å². The number of aliphatic hydroxyl groups excluding tert-OH is 1. The summed E-state index contributed by atoms with van der Waals surface area (Å²) in [6, 6.07) is 0. The van der Waals surface area contributed by atoms with Gasteiger partial charge in [-0.15, -0.1) is 0 Å². The van der Waals surface area contributed by atoms with Crippen LogP contribution >= 0.6 is 11.6 Å². The van der Waals surface area contributed by atoms with Crippen LogP contribution in [0, 0.1) is 0 Å². The van der Waals surface area contributed by atoms with Gasteiger partial charge in [0.05, 0.1) is 18.5 Å². The lowest BCUT2D eigenvalue weighted by molar-refractivity contribution is 0.0132. The first-order valence-corrected chi connectivity index (χ1v) is 5.04. The molecule has 0 bridgehead atoms. The first-order valence-electron chi connectivity index (χ1n) is 4.66. The number of nitrogens with zero attached hydrogens (tertiary/aromatic N) is 2. The van der Waals surface area contributed by atoms with Gasteiger partial charge in [-0.1, -0.05) is 11.6 Å². The molecule has 0 radical (unpaired) electrons. The van der Waals surface area contributed by atoms with Crippen molar-refractivity contribution in [1.82, 2.24) is 9.78 Å². The molecule has 0 amide bonds. The molecule has 0 aliphatic rings. The van der Waals surface area contributed by atoms with Crippen LogP contribution in [-0.4, -0.2) is 38.7 Å². The minimum Gasteiger partial charge on any atom is -0.393 e. The van der Waals surface area contributed by atoms with E-state index in [9.17, 15) is 9.90 Å². The molecule has 0 saturated heterocycles. The van der Waals surface area contributed by atoms with Crippen molar-refractivity contribution in [3.05, 3.63) is 21.6 Å². The molecule has 3 N–H and O–H groups in total. The Morgan fingerprint density at radius 3 is 2.88 bits per heavy atom. The average molecular weight is 248 g/mol. The van der Waals surface area contributed by atoms with Crippen LogP contribution in [0.3, 0.4) is 0 Å². The Labute approximate surface area is 97.5 Å². The second-order valence-electron chi connectivity index (χ2n) is 3.81. The largest absolute Gasteiger partial charge is 0.393 e. The van der Waals surface area contributed by atoms with Crippen molar-refractivity contribution in [1.29, 1.82) is 0 Å². The van der Waals surface area contributed by atoms with E-state index in [0.717, 1.165) is 4.68 Å². The highest BCUT2D eigenvalue weighted by Gasteiger charge is 2.19. The normalized spacial score (nSPS) is 14.6. The number of halogens is 1. The Morgan fingerprint density at radius 1 is 1.69 bits per heavy atom. The summed E-state index contributed by atoms with van der Waals surface area (Å²) >= 11 is 5.79. The SMILES string of the molecule is Cn1ncc(NCC(C)(O)CO)c(Cl)c1=O. The second kappa shape index (κ2) is 4.82. The van der Waals surface area contributed by atoms with Crippen molar-refractivity contribution in [3.63, 3.8) is 0 Å². The summed E-state index contributed by atoms with van der Waals surface area (Å²) in [7, 11) is 1.49. The van der Waals surface area contributed by atoms with Crippen molar-refractivity contribution < 1.29 is 10.2 Å². The number of rotatable bonds is 4.